The molecular weight excluding hydrogens is 304 g/mol. The molecule has 126 valence electrons. The molecule has 4 heteroatoms. The molecule has 2 rings (SSSR count). The average Bonchev–Trinajstić information content (AvgIpc) is 3.21. The van der Waals surface area contributed by atoms with E-state index < -0.39 is 13.7 Å². The van der Waals surface area contributed by atoms with Crippen molar-refractivity contribution in [1.29, 1.82) is 0 Å². The number of rotatable bonds is 5. The Kier molecular flexibility index (Phi) is 4.76. The van der Waals surface area contributed by atoms with Crippen LogP contribution in [0.15, 0.2) is 42.7 Å². The van der Waals surface area contributed by atoms with Crippen molar-refractivity contribution >= 4 is 14.3 Å². The fourth-order valence-electron chi connectivity index (χ4n) is 2.60. The lowest BCUT2D eigenvalue weighted by atomic mass is 9.93. The van der Waals surface area contributed by atoms with Gasteiger partial charge in [-0.2, -0.15) is 0 Å². The summed E-state index contributed by atoms with van der Waals surface area (Å²) in [7, 11) is -0.351. The first-order chi connectivity index (χ1) is 10.6. The SMILES string of the molecule is COC(=O)[C@@]1(c2ccccc2)C[C@@H]1/C=C/O[Si](C)(C)C(C)(C)C. The predicted octanol–water partition coefficient (Wildman–Crippen LogP) is 4.65. The van der Waals surface area contributed by atoms with Crippen molar-refractivity contribution < 1.29 is 14.0 Å². The van der Waals surface area contributed by atoms with E-state index in [1.807, 2.05) is 42.7 Å². The maximum Gasteiger partial charge on any atom is 0.316 e. The lowest BCUT2D eigenvalue weighted by Gasteiger charge is -2.35. The van der Waals surface area contributed by atoms with Gasteiger partial charge < -0.3 is 9.16 Å². The summed E-state index contributed by atoms with van der Waals surface area (Å²) in [5, 5.41) is 0.166. The number of benzene rings is 1. The summed E-state index contributed by atoms with van der Waals surface area (Å²) in [6.07, 6.45) is 4.63. The van der Waals surface area contributed by atoms with Gasteiger partial charge in [-0.3, -0.25) is 4.79 Å². The minimum Gasteiger partial charge on any atom is -0.549 e. The standard InChI is InChI=1S/C19H28O3Si/c1-18(2,3)23(5,6)22-13-12-16-14-19(16,17(20)21-4)15-10-8-7-9-11-15/h7-13,16H,14H2,1-6H3/b13-12+/t16-,19+/m0/s1. The zero-order valence-electron chi connectivity index (χ0n) is 15.1. The molecule has 0 bridgehead atoms. The van der Waals surface area contributed by atoms with Gasteiger partial charge in [0.2, 0.25) is 8.32 Å². The molecule has 1 aliphatic rings. The van der Waals surface area contributed by atoms with Crippen molar-refractivity contribution in [2.45, 2.75) is 50.7 Å². The lowest BCUT2D eigenvalue weighted by molar-refractivity contribution is -0.144. The molecule has 0 N–H and O–H groups in total. The Balaban J connectivity index is 2.13. The van der Waals surface area contributed by atoms with Crippen LogP contribution >= 0.6 is 0 Å². The van der Waals surface area contributed by atoms with Gasteiger partial charge in [-0.1, -0.05) is 51.1 Å². The molecule has 0 spiro atoms. The summed E-state index contributed by atoms with van der Waals surface area (Å²) in [4.78, 5) is 12.3. The van der Waals surface area contributed by atoms with Crippen LogP contribution in [0.4, 0.5) is 0 Å². The van der Waals surface area contributed by atoms with E-state index in [0.29, 0.717) is 0 Å². The third-order valence-corrected chi connectivity index (χ3v) is 9.67. The normalized spacial score (nSPS) is 24.5. The quantitative estimate of drug-likeness (QED) is 0.447. The van der Waals surface area contributed by atoms with E-state index in [1.54, 1.807) is 0 Å². The zero-order chi connectivity index (χ0) is 17.3. The Morgan fingerprint density at radius 1 is 1.26 bits per heavy atom. The van der Waals surface area contributed by atoms with E-state index in [4.69, 9.17) is 9.16 Å². The van der Waals surface area contributed by atoms with Crippen LogP contribution < -0.4 is 0 Å². The van der Waals surface area contributed by atoms with Gasteiger partial charge in [0.05, 0.1) is 18.8 Å². The number of hydrogen-bond acceptors (Lipinski definition) is 3. The minimum absolute atomic E-state index is 0.141. The molecule has 0 aromatic heterocycles. The van der Waals surface area contributed by atoms with Crippen LogP contribution in [0.3, 0.4) is 0 Å². The van der Waals surface area contributed by atoms with E-state index in [9.17, 15) is 4.79 Å². The summed E-state index contributed by atoms with van der Waals surface area (Å²) >= 11 is 0. The molecule has 1 fully saturated rings. The number of ether oxygens (including phenoxy) is 1. The van der Waals surface area contributed by atoms with Crippen molar-refractivity contribution in [1.82, 2.24) is 0 Å². The highest BCUT2D eigenvalue weighted by Gasteiger charge is 2.61. The van der Waals surface area contributed by atoms with Gasteiger partial charge in [-0.15, -0.1) is 0 Å². The summed E-state index contributed by atoms with van der Waals surface area (Å²) in [5.74, 6) is -0.0206. The second kappa shape index (κ2) is 6.15. The van der Waals surface area contributed by atoms with Gasteiger partial charge in [0.25, 0.3) is 0 Å². The van der Waals surface area contributed by atoms with Gasteiger partial charge in [-0.05, 0) is 36.2 Å². The molecule has 0 radical (unpaired) electrons. The molecule has 1 aromatic carbocycles. The Bertz CT molecular complexity index is 586. The van der Waals surface area contributed by atoms with Crippen LogP contribution in [0.1, 0.15) is 32.8 Å². The highest BCUT2D eigenvalue weighted by molar-refractivity contribution is 6.74. The van der Waals surface area contributed by atoms with E-state index >= 15 is 0 Å². The second-order valence-corrected chi connectivity index (χ2v) is 12.6. The highest BCUT2D eigenvalue weighted by Crippen LogP contribution is 2.56. The molecule has 1 aromatic rings. The summed E-state index contributed by atoms with van der Waals surface area (Å²) < 4.78 is 11.2. The Morgan fingerprint density at radius 3 is 2.39 bits per heavy atom. The van der Waals surface area contributed by atoms with Gasteiger partial charge in [-0.25, -0.2) is 0 Å². The van der Waals surface area contributed by atoms with E-state index in [0.717, 1.165) is 12.0 Å². The molecule has 0 saturated heterocycles. The molecule has 2 atom stereocenters. The molecule has 1 saturated carbocycles. The van der Waals surface area contributed by atoms with Crippen molar-refractivity contribution in [3.8, 4) is 0 Å². The Hall–Kier alpha value is -1.55. The monoisotopic (exact) mass is 332 g/mol. The molecule has 0 heterocycles. The molecule has 1 aliphatic carbocycles. The maximum absolute atomic E-state index is 12.3. The van der Waals surface area contributed by atoms with Crippen molar-refractivity contribution in [3.05, 3.63) is 48.2 Å². The first-order valence-electron chi connectivity index (χ1n) is 8.13. The van der Waals surface area contributed by atoms with Crippen LogP contribution in [0.25, 0.3) is 0 Å². The van der Waals surface area contributed by atoms with Crippen molar-refractivity contribution in [3.63, 3.8) is 0 Å². The first-order valence-corrected chi connectivity index (χ1v) is 11.0. The topological polar surface area (TPSA) is 35.5 Å². The number of esters is 1. The third kappa shape index (κ3) is 3.37. The van der Waals surface area contributed by atoms with Crippen LogP contribution in [0.5, 0.6) is 0 Å². The summed E-state index contributed by atoms with van der Waals surface area (Å²) in [6.45, 7) is 11.1. The fraction of sp³-hybridized carbons (Fsp3) is 0.526. The number of hydrogen-bond donors (Lipinski definition) is 0. The van der Waals surface area contributed by atoms with Gasteiger partial charge in [0, 0.05) is 5.92 Å². The highest BCUT2D eigenvalue weighted by atomic mass is 28.4. The molecule has 3 nitrogen and oxygen atoms in total. The molecule has 0 amide bonds. The van der Waals surface area contributed by atoms with Crippen LogP contribution in [-0.4, -0.2) is 21.4 Å². The molecule has 0 aliphatic heterocycles. The zero-order valence-corrected chi connectivity index (χ0v) is 16.1. The van der Waals surface area contributed by atoms with E-state index in [2.05, 4.69) is 33.9 Å². The Labute approximate surface area is 140 Å². The summed E-state index contributed by atoms with van der Waals surface area (Å²) in [5.41, 5.74) is 0.484. The van der Waals surface area contributed by atoms with Gasteiger partial charge in [0.15, 0.2) is 0 Å². The largest absolute Gasteiger partial charge is 0.549 e. The second-order valence-electron chi connectivity index (χ2n) is 7.85. The molecule has 0 unspecified atom stereocenters. The smallest absolute Gasteiger partial charge is 0.316 e. The fourth-order valence-corrected chi connectivity index (χ4v) is 3.38. The number of carbonyl (C=O) groups is 1. The molecule has 23 heavy (non-hydrogen) atoms. The van der Waals surface area contributed by atoms with Crippen molar-refractivity contribution in [2.24, 2.45) is 5.92 Å². The van der Waals surface area contributed by atoms with Crippen LogP contribution in [-0.2, 0) is 19.4 Å². The lowest BCUT2D eigenvalue weighted by Crippen LogP contribution is -2.39. The number of carbonyl (C=O) groups excluding carboxylic acids is 1. The van der Waals surface area contributed by atoms with Crippen LogP contribution in [0, 0.1) is 5.92 Å². The van der Waals surface area contributed by atoms with Crippen molar-refractivity contribution in [2.75, 3.05) is 7.11 Å². The van der Waals surface area contributed by atoms with Gasteiger partial charge >= 0.3 is 5.97 Å². The average molecular weight is 333 g/mol. The third-order valence-electron chi connectivity index (χ3n) is 5.33. The van der Waals surface area contributed by atoms with Gasteiger partial charge in [0.1, 0.15) is 0 Å². The number of methoxy groups -OCH3 is 1. The minimum atomic E-state index is -1.81. The van der Waals surface area contributed by atoms with E-state index in [-0.39, 0.29) is 16.9 Å². The Morgan fingerprint density at radius 2 is 1.87 bits per heavy atom. The maximum atomic E-state index is 12.3. The van der Waals surface area contributed by atoms with E-state index in [1.165, 1.54) is 7.11 Å². The summed E-state index contributed by atoms with van der Waals surface area (Å²) in [6, 6.07) is 9.89. The first kappa shape index (κ1) is 17.8. The molecular formula is C19H28O3Si. The van der Waals surface area contributed by atoms with Crippen LogP contribution in [0.2, 0.25) is 18.1 Å². The predicted molar refractivity (Wildman–Crippen MR) is 95.7 cm³/mol. The number of allylic oxidation sites excluding steroid dienone is 1.